The van der Waals surface area contributed by atoms with Gasteiger partial charge in [0.1, 0.15) is 11.2 Å². The van der Waals surface area contributed by atoms with Gasteiger partial charge in [-0.1, -0.05) is 117 Å². The number of rotatable bonds is 4. The second-order valence-electron chi connectivity index (χ2n) is 12.6. The first-order valence-electron chi connectivity index (χ1n) is 15.6. The van der Waals surface area contributed by atoms with Crippen molar-refractivity contribution in [2.75, 3.05) is 4.90 Å². The molecular weight excluding hydrogens is 546 g/mol. The Morgan fingerprint density at radius 1 is 0.467 bits per heavy atom. The van der Waals surface area contributed by atoms with Gasteiger partial charge in [0, 0.05) is 38.6 Å². The molecule has 1 aliphatic rings. The van der Waals surface area contributed by atoms with E-state index in [4.69, 9.17) is 4.42 Å². The van der Waals surface area contributed by atoms with Crippen molar-refractivity contribution in [3.8, 4) is 22.3 Å². The molecule has 0 spiro atoms. The molecule has 1 heterocycles. The van der Waals surface area contributed by atoms with Crippen LogP contribution < -0.4 is 4.90 Å². The molecular formula is C43H31NO. The van der Waals surface area contributed by atoms with E-state index in [9.17, 15) is 0 Å². The van der Waals surface area contributed by atoms with Crippen molar-refractivity contribution in [1.82, 2.24) is 0 Å². The maximum absolute atomic E-state index is 6.26. The van der Waals surface area contributed by atoms with Crippen molar-refractivity contribution in [1.29, 1.82) is 0 Å². The number of anilines is 3. The molecule has 0 saturated heterocycles. The Morgan fingerprint density at radius 2 is 1.16 bits per heavy atom. The van der Waals surface area contributed by atoms with Crippen LogP contribution in [0.25, 0.3) is 55.0 Å². The summed E-state index contributed by atoms with van der Waals surface area (Å²) in [6, 6.07) is 54.7. The molecule has 1 aliphatic carbocycles. The minimum atomic E-state index is -0.0644. The van der Waals surface area contributed by atoms with Crippen LogP contribution in [-0.4, -0.2) is 0 Å². The fourth-order valence-corrected chi connectivity index (χ4v) is 7.48. The standard InChI is InChI=1S/C43H31NO/c1-43(2)37-17-8-6-14-34(37)35-25-24-32(27-38(35)43)44(30-12-4-3-5-13-30)31-22-19-28(20-23-31)33-16-10-11-29-21-26-40-42(41(29)33)36-15-7-9-18-39(36)45-40/h3-27H,1-2H3. The summed E-state index contributed by atoms with van der Waals surface area (Å²) >= 11 is 0. The summed E-state index contributed by atoms with van der Waals surface area (Å²) in [6.45, 7) is 4.68. The van der Waals surface area contributed by atoms with Crippen LogP contribution in [0, 0.1) is 0 Å². The average Bonchev–Trinajstić information content (AvgIpc) is 3.58. The van der Waals surface area contributed by atoms with Crippen LogP contribution in [0.5, 0.6) is 0 Å². The van der Waals surface area contributed by atoms with Crippen LogP contribution in [0.15, 0.2) is 156 Å². The quantitative estimate of drug-likeness (QED) is 0.207. The van der Waals surface area contributed by atoms with Gasteiger partial charge in [-0.3, -0.25) is 0 Å². The molecule has 0 bridgehead atoms. The maximum Gasteiger partial charge on any atom is 0.136 e. The van der Waals surface area contributed by atoms with Crippen LogP contribution in [0.2, 0.25) is 0 Å². The summed E-state index contributed by atoms with van der Waals surface area (Å²) in [7, 11) is 0. The summed E-state index contributed by atoms with van der Waals surface area (Å²) in [5, 5.41) is 4.77. The number of nitrogens with zero attached hydrogens (tertiary/aromatic N) is 1. The van der Waals surface area contributed by atoms with Crippen LogP contribution in [0.1, 0.15) is 25.0 Å². The third kappa shape index (κ3) is 3.89. The van der Waals surface area contributed by atoms with Crippen LogP contribution in [-0.2, 0) is 5.41 Å². The zero-order valence-electron chi connectivity index (χ0n) is 25.3. The first kappa shape index (κ1) is 25.9. The summed E-state index contributed by atoms with van der Waals surface area (Å²) < 4.78 is 6.26. The Hall–Kier alpha value is -5.60. The van der Waals surface area contributed by atoms with E-state index in [1.54, 1.807) is 0 Å². The lowest BCUT2D eigenvalue weighted by Gasteiger charge is -2.28. The largest absolute Gasteiger partial charge is 0.456 e. The third-order valence-corrected chi connectivity index (χ3v) is 9.66. The number of hydrogen-bond acceptors (Lipinski definition) is 2. The van der Waals surface area contributed by atoms with E-state index in [2.05, 4.69) is 164 Å². The minimum absolute atomic E-state index is 0.0644. The fourth-order valence-electron chi connectivity index (χ4n) is 7.48. The fraction of sp³-hybridized carbons (Fsp3) is 0.0698. The van der Waals surface area contributed by atoms with E-state index in [0.717, 1.165) is 33.6 Å². The molecule has 7 aromatic carbocycles. The zero-order valence-corrected chi connectivity index (χ0v) is 25.3. The molecule has 45 heavy (non-hydrogen) atoms. The van der Waals surface area contributed by atoms with Gasteiger partial charge in [0.2, 0.25) is 0 Å². The molecule has 0 saturated carbocycles. The highest BCUT2D eigenvalue weighted by Crippen LogP contribution is 2.50. The third-order valence-electron chi connectivity index (χ3n) is 9.66. The van der Waals surface area contributed by atoms with Gasteiger partial charge >= 0.3 is 0 Å². The van der Waals surface area contributed by atoms with Crippen molar-refractivity contribution in [3.63, 3.8) is 0 Å². The molecule has 9 rings (SSSR count). The summed E-state index contributed by atoms with van der Waals surface area (Å²) in [6.07, 6.45) is 0. The maximum atomic E-state index is 6.26. The molecule has 0 fully saturated rings. The van der Waals surface area contributed by atoms with Gasteiger partial charge in [-0.25, -0.2) is 0 Å². The SMILES string of the molecule is CC1(C)c2ccccc2-c2ccc(N(c3ccccc3)c3ccc(-c4cccc5ccc6oc7ccccc7c6c45)cc3)cc21. The number of hydrogen-bond donors (Lipinski definition) is 0. The lowest BCUT2D eigenvalue weighted by atomic mass is 9.82. The number of para-hydroxylation sites is 2. The van der Waals surface area contributed by atoms with Gasteiger partial charge in [0.25, 0.3) is 0 Å². The molecule has 0 aliphatic heterocycles. The predicted octanol–water partition coefficient (Wildman–Crippen LogP) is 12.2. The molecule has 0 radical (unpaired) electrons. The van der Waals surface area contributed by atoms with Crippen molar-refractivity contribution >= 4 is 49.8 Å². The number of furan rings is 1. The lowest BCUT2D eigenvalue weighted by molar-refractivity contribution is 0.660. The van der Waals surface area contributed by atoms with Gasteiger partial charge in [-0.05, 0) is 87.3 Å². The second kappa shape index (κ2) is 9.70. The van der Waals surface area contributed by atoms with Gasteiger partial charge in [0.15, 0.2) is 0 Å². The highest BCUT2D eigenvalue weighted by molar-refractivity contribution is 6.22. The summed E-state index contributed by atoms with van der Waals surface area (Å²) in [5.74, 6) is 0. The van der Waals surface area contributed by atoms with Gasteiger partial charge in [-0.2, -0.15) is 0 Å². The molecule has 1 aromatic heterocycles. The molecule has 2 nitrogen and oxygen atoms in total. The zero-order chi connectivity index (χ0) is 30.1. The van der Waals surface area contributed by atoms with Gasteiger partial charge < -0.3 is 9.32 Å². The average molecular weight is 578 g/mol. The van der Waals surface area contributed by atoms with Crippen LogP contribution >= 0.6 is 0 Å². The van der Waals surface area contributed by atoms with Gasteiger partial charge in [0.05, 0.1) is 0 Å². The first-order chi connectivity index (χ1) is 22.1. The smallest absolute Gasteiger partial charge is 0.136 e. The predicted molar refractivity (Wildman–Crippen MR) is 189 cm³/mol. The Balaban J connectivity index is 1.19. The molecule has 0 amide bonds. The Morgan fingerprint density at radius 3 is 2.02 bits per heavy atom. The van der Waals surface area contributed by atoms with E-state index in [0.29, 0.717) is 0 Å². The van der Waals surface area contributed by atoms with E-state index in [-0.39, 0.29) is 5.41 Å². The van der Waals surface area contributed by atoms with Gasteiger partial charge in [-0.15, -0.1) is 0 Å². The second-order valence-corrected chi connectivity index (χ2v) is 12.6. The number of benzene rings is 7. The summed E-state index contributed by atoms with van der Waals surface area (Å²) in [4.78, 5) is 2.37. The molecule has 0 unspecified atom stereocenters. The monoisotopic (exact) mass is 577 g/mol. The van der Waals surface area contributed by atoms with E-state index < -0.39 is 0 Å². The molecule has 8 aromatic rings. The first-order valence-corrected chi connectivity index (χ1v) is 15.6. The number of fused-ring (bicyclic) bond motifs is 8. The van der Waals surface area contributed by atoms with E-state index >= 15 is 0 Å². The highest BCUT2D eigenvalue weighted by atomic mass is 16.3. The highest BCUT2D eigenvalue weighted by Gasteiger charge is 2.35. The molecule has 0 atom stereocenters. The molecule has 214 valence electrons. The molecule has 0 N–H and O–H groups in total. The van der Waals surface area contributed by atoms with Crippen molar-refractivity contribution in [3.05, 3.63) is 163 Å². The van der Waals surface area contributed by atoms with Crippen LogP contribution in [0.4, 0.5) is 17.1 Å². The van der Waals surface area contributed by atoms with Crippen LogP contribution in [0.3, 0.4) is 0 Å². The van der Waals surface area contributed by atoms with E-state index in [1.807, 2.05) is 6.07 Å². The van der Waals surface area contributed by atoms with Crippen molar-refractivity contribution in [2.45, 2.75) is 19.3 Å². The normalized spacial score (nSPS) is 13.3. The summed E-state index contributed by atoms with van der Waals surface area (Å²) in [5.41, 5.74) is 13.0. The van der Waals surface area contributed by atoms with Crippen molar-refractivity contribution in [2.24, 2.45) is 0 Å². The molecule has 2 heteroatoms. The lowest BCUT2D eigenvalue weighted by Crippen LogP contribution is -2.16. The topological polar surface area (TPSA) is 16.4 Å². The van der Waals surface area contributed by atoms with Crippen molar-refractivity contribution < 1.29 is 4.42 Å². The Labute approximate surface area is 262 Å². The Kier molecular flexibility index (Phi) is 5.58. The minimum Gasteiger partial charge on any atom is -0.456 e. The van der Waals surface area contributed by atoms with E-state index in [1.165, 1.54) is 49.5 Å². The Bertz CT molecular complexity index is 2400.